The Morgan fingerprint density at radius 1 is 1.22 bits per heavy atom. The van der Waals surface area contributed by atoms with Crippen molar-refractivity contribution in [2.75, 3.05) is 18.2 Å². The van der Waals surface area contributed by atoms with Crippen molar-refractivity contribution < 1.29 is 9.53 Å². The number of para-hydroxylation sites is 1. The number of thiophene rings is 1. The number of benzene rings is 2. The summed E-state index contributed by atoms with van der Waals surface area (Å²) < 4.78 is 6.79. The van der Waals surface area contributed by atoms with Crippen LogP contribution in [0.1, 0.15) is 4.88 Å². The van der Waals surface area contributed by atoms with Gasteiger partial charge in [0.05, 0.1) is 28.8 Å². The molecule has 164 valence electrons. The third-order valence-electron chi connectivity index (χ3n) is 4.76. The summed E-state index contributed by atoms with van der Waals surface area (Å²) in [6.45, 7) is 0.495. The molecular formula is C23H20ClN3O3S2. The topological polar surface area (TPSA) is 73.2 Å². The lowest BCUT2D eigenvalue weighted by Gasteiger charge is -2.13. The largest absolute Gasteiger partial charge is 0.495 e. The van der Waals surface area contributed by atoms with Crippen LogP contribution in [0.2, 0.25) is 5.02 Å². The van der Waals surface area contributed by atoms with E-state index in [9.17, 15) is 9.59 Å². The molecule has 0 spiro atoms. The molecule has 0 saturated carbocycles. The van der Waals surface area contributed by atoms with Crippen molar-refractivity contribution in [3.05, 3.63) is 80.2 Å². The minimum atomic E-state index is -0.219. The van der Waals surface area contributed by atoms with E-state index >= 15 is 0 Å². The molecule has 0 bridgehead atoms. The lowest BCUT2D eigenvalue weighted by Crippen LogP contribution is -2.25. The van der Waals surface area contributed by atoms with E-state index in [-0.39, 0.29) is 17.2 Å². The molecule has 2 aromatic carbocycles. The van der Waals surface area contributed by atoms with Crippen LogP contribution in [-0.2, 0) is 17.8 Å². The van der Waals surface area contributed by atoms with Gasteiger partial charge < -0.3 is 10.1 Å². The number of hydrogen-bond acceptors (Lipinski definition) is 6. The lowest BCUT2D eigenvalue weighted by molar-refractivity contribution is -0.113. The summed E-state index contributed by atoms with van der Waals surface area (Å²) in [5.41, 5.74) is 1.09. The molecule has 0 aliphatic heterocycles. The van der Waals surface area contributed by atoms with Crippen LogP contribution in [0.4, 0.5) is 5.69 Å². The number of halogens is 1. The van der Waals surface area contributed by atoms with E-state index in [1.54, 1.807) is 40.2 Å². The zero-order valence-corrected chi connectivity index (χ0v) is 19.6. The number of aromatic nitrogens is 2. The maximum atomic E-state index is 13.1. The highest BCUT2D eigenvalue weighted by Crippen LogP contribution is 2.27. The second-order valence-corrected chi connectivity index (χ2v) is 9.27. The van der Waals surface area contributed by atoms with Crippen molar-refractivity contribution in [2.24, 2.45) is 0 Å². The monoisotopic (exact) mass is 485 g/mol. The summed E-state index contributed by atoms with van der Waals surface area (Å²) in [5.74, 6) is 0.422. The molecule has 4 rings (SSSR count). The second kappa shape index (κ2) is 10.2. The average molecular weight is 486 g/mol. The van der Waals surface area contributed by atoms with Gasteiger partial charge in [-0.25, -0.2) is 4.98 Å². The highest BCUT2D eigenvalue weighted by atomic mass is 35.5. The summed E-state index contributed by atoms with van der Waals surface area (Å²) in [5, 5.41) is 6.34. The number of anilines is 1. The highest BCUT2D eigenvalue weighted by molar-refractivity contribution is 7.99. The molecule has 0 aliphatic carbocycles. The molecule has 0 aliphatic rings. The van der Waals surface area contributed by atoms with Gasteiger partial charge in [-0.3, -0.25) is 14.2 Å². The number of aryl methyl sites for hydroxylation is 1. The van der Waals surface area contributed by atoms with Gasteiger partial charge in [0.25, 0.3) is 5.56 Å². The first-order valence-electron chi connectivity index (χ1n) is 9.83. The summed E-state index contributed by atoms with van der Waals surface area (Å²) in [4.78, 5) is 31.5. The van der Waals surface area contributed by atoms with Gasteiger partial charge >= 0.3 is 0 Å². The van der Waals surface area contributed by atoms with Crippen molar-refractivity contribution in [1.29, 1.82) is 0 Å². The van der Waals surface area contributed by atoms with E-state index in [0.29, 0.717) is 39.1 Å². The van der Waals surface area contributed by atoms with E-state index in [4.69, 9.17) is 16.3 Å². The standard InChI is InChI=1S/C23H20ClN3O3S2/c1-30-20-9-8-15(13-18(20)24)25-21(28)14-32-23-26-19-7-3-2-6-17(19)22(29)27(23)11-10-16-5-4-12-31-16/h2-9,12-13H,10-11,14H2,1H3,(H,25,28). The summed E-state index contributed by atoms with van der Waals surface area (Å²) in [6.07, 6.45) is 0.724. The van der Waals surface area contributed by atoms with Crippen LogP contribution in [0.3, 0.4) is 0 Å². The molecule has 9 heteroatoms. The van der Waals surface area contributed by atoms with E-state index in [2.05, 4.69) is 10.3 Å². The third-order valence-corrected chi connectivity index (χ3v) is 6.96. The van der Waals surface area contributed by atoms with E-state index in [1.165, 1.54) is 23.7 Å². The zero-order chi connectivity index (χ0) is 22.5. The SMILES string of the molecule is COc1ccc(NC(=O)CSc2nc3ccccc3c(=O)n2CCc2cccs2)cc1Cl. The molecular weight excluding hydrogens is 466 g/mol. The number of fused-ring (bicyclic) bond motifs is 1. The van der Waals surface area contributed by atoms with E-state index in [0.717, 1.165) is 6.42 Å². The molecule has 32 heavy (non-hydrogen) atoms. The Morgan fingerprint density at radius 3 is 2.81 bits per heavy atom. The van der Waals surface area contributed by atoms with Gasteiger partial charge in [-0.2, -0.15) is 0 Å². The maximum Gasteiger partial charge on any atom is 0.262 e. The highest BCUT2D eigenvalue weighted by Gasteiger charge is 2.14. The predicted molar refractivity (Wildman–Crippen MR) is 131 cm³/mol. The quantitative estimate of drug-likeness (QED) is 0.278. The number of nitrogens with one attached hydrogen (secondary N) is 1. The number of nitrogens with zero attached hydrogens (tertiary/aromatic N) is 2. The maximum absolute atomic E-state index is 13.1. The fraction of sp³-hybridized carbons (Fsp3) is 0.174. The van der Waals surface area contributed by atoms with Gasteiger partial charge in [-0.15, -0.1) is 11.3 Å². The Kier molecular flexibility index (Phi) is 7.14. The molecule has 1 amide bonds. The average Bonchev–Trinajstić information content (AvgIpc) is 3.31. The fourth-order valence-corrected chi connectivity index (χ4v) is 4.98. The smallest absolute Gasteiger partial charge is 0.262 e. The normalized spacial score (nSPS) is 10.9. The first-order chi connectivity index (χ1) is 15.5. The van der Waals surface area contributed by atoms with Gasteiger partial charge in [-0.1, -0.05) is 41.6 Å². The molecule has 2 aromatic heterocycles. The van der Waals surface area contributed by atoms with Crippen LogP contribution in [-0.4, -0.2) is 28.3 Å². The predicted octanol–water partition coefficient (Wildman–Crippen LogP) is 5.09. The van der Waals surface area contributed by atoms with Gasteiger partial charge in [0.15, 0.2) is 5.16 Å². The fourth-order valence-electron chi connectivity index (χ4n) is 3.20. The molecule has 1 N–H and O–H groups in total. The number of hydrogen-bond donors (Lipinski definition) is 1. The summed E-state index contributed by atoms with van der Waals surface area (Å²) in [6, 6.07) is 16.3. The Labute approximate surface area is 198 Å². The second-order valence-electron chi connectivity index (χ2n) is 6.88. The third kappa shape index (κ3) is 5.15. The van der Waals surface area contributed by atoms with Crippen molar-refractivity contribution in [3.8, 4) is 5.75 Å². The van der Waals surface area contributed by atoms with Crippen LogP contribution in [0.5, 0.6) is 5.75 Å². The summed E-state index contributed by atoms with van der Waals surface area (Å²) >= 11 is 9.02. The molecule has 4 aromatic rings. The van der Waals surface area contributed by atoms with Crippen LogP contribution in [0, 0.1) is 0 Å². The number of rotatable bonds is 8. The minimum Gasteiger partial charge on any atom is -0.495 e. The lowest BCUT2D eigenvalue weighted by atomic mass is 10.2. The number of carbonyl (C=O) groups is 1. The van der Waals surface area contributed by atoms with Crippen molar-refractivity contribution in [2.45, 2.75) is 18.1 Å². The van der Waals surface area contributed by atoms with Crippen molar-refractivity contribution in [1.82, 2.24) is 9.55 Å². The van der Waals surface area contributed by atoms with Crippen LogP contribution >= 0.6 is 34.7 Å². The molecule has 0 saturated heterocycles. The van der Waals surface area contributed by atoms with Crippen molar-refractivity contribution >= 4 is 57.2 Å². The van der Waals surface area contributed by atoms with Crippen LogP contribution in [0.25, 0.3) is 10.9 Å². The number of carbonyl (C=O) groups excluding carboxylic acids is 1. The molecule has 0 fully saturated rings. The van der Waals surface area contributed by atoms with Gasteiger partial charge in [-0.05, 0) is 48.2 Å². The summed E-state index contributed by atoms with van der Waals surface area (Å²) in [7, 11) is 1.53. The Balaban J connectivity index is 1.53. The van der Waals surface area contributed by atoms with E-state index in [1.807, 2.05) is 35.7 Å². The number of ether oxygens (including phenoxy) is 1. The van der Waals surface area contributed by atoms with Gasteiger partial charge in [0.2, 0.25) is 5.91 Å². The molecule has 0 radical (unpaired) electrons. The number of thioether (sulfide) groups is 1. The first kappa shape index (κ1) is 22.4. The number of methoxy groups -OCH3 is 1. The van der Waals surface area contributed by atoms with Gasteiger partial charge in [0.1, 0.15) is 5.75 Å². The number of amides is 1. The molecule has 0 atom stereocenters. The first-order valence-corrected chi connectivity index (χ1v) is 12.1. The van der Waals surface area contributed by atoms with Crippen molar-refractivity contribution in [3.63, 3.8) is 0 Å². The zero-order valence-electron chi connectivity index (χ0n) is 17.2. The molecule has 6 nitrogen and oxygen atoms in total. The Morgan fingerprint density at radius 2 is 2.06 bits per heavy atom. The molecule has 0 unspecified atom stereocenters. The Hall–Kier alpha value is -2.81. The minimum absolute atomic E-state index is 0.1000. The van der Waals surface area contributed by atoms with Crippen LogP contribution < -0.4 is 15.6 Å². The van der Waals surface area contributed by atoms with E-state index < -0.39 is 0 Å². The van der Waals surface area contributed by atoms with Crippen LogP contribution in [0.15, 0.2) is 69.9 Å². The van der Waals surface area contributed by atoms with Gasteiger partial charge in [0, 0.05) is 17.1 Å². The Bertz CT molecular complexity index is 1310. The molecule has 2 heterocycles.